The Morgan fingerprint density at radius 2 is 1.65 bits per heavy atom. The number of thiazole rings is 1. The van der Waals surface area contributed by atoms with Gasteiger partial charge in [-0.25, -0.2) is 4.39 Å². The molecule has 1 aromatic heterocycles. The average Bonchev–Trinajstić information content (AvgIpc) is 3.08. The van der Waals surface area contributed by atoms with Gasteiger partial charge in [-0.2, -0.15) is 0 Å². The van der Waals surface area contributed by atoms with Gasteiger partial charge in [0.25, 0.3) is 0 Å². The number of rotatable bonds is 5. The van der Waals surface area contributed by atoms with Crippen molar-refractivity contribution >= 4 is 33.2 Å². The Bertz CT molecular complexity index is 1170. The molecule has 8 heteroatoms. The van der Waals surface area contributed by atoms with Gasteiger partial charge < -0.3 is 4.90 Å². The van der Waals surface area contributed by atoms with E-state index >= 15 is 0 Å². The number of nitrogens with zero attached hydrogens (tertiary/aromatic N) is 3. The molecule has 4 rings (SSSR count). The Kier molecular flexibility index (Phi) is 6.02. The van der Waals surface area contributed by atoms with Gasteiger partial charge in [0.15, 0.2) is 5.78 Å². The van der Waals surface area contributed by atoms with Gasteiger partial charge in [-0.05, 0) is 56.3 Å². The third-order valence-electron chi connectivity index (χ3n) is 5.73. The first-order valence-electron chi connectivity index (χ1n) is 10.3. The summed E-state index contributed by atoms with van der Waals surface area (Å²) in [6, 6.07) is 10.8. The molecule has 0 N–H and O–H groups in total. The highest BCUT2D eigenvalue weighted by molar-refractivity contribution is 7.16. The lowest BCUT2D eigenvalue weighted by atomic mass is 10.0. The number of benzene rings is 2. The van der Waals surface area contributed by atoms with E-state index in [-0.39, 0.29) is 23.1 Å². The predicted octanol–water partition coefficient (Wildman–Crippen LogP) is 2.99. The fourth-order valence-corrected chi connectivity index (χ4v) is 4.78. The maximum absolute atomic E-state index is 13.1. The molecule has 0 atom stereocenters. The maximum Gasteiger partial charge on any atom is 0.308 e. The van der Waals surface area contributed by atoms with Gasteiger partial charge in [-0.3, -0.25) is 23.9 Å². The van der Waals surface area contributed by atoms with Crippen molar-refractivity contribution in [3.05, 3.63) is 69.1 Å². The molecule has 1 amide bonds. The number of amides is 1. The van der Waals surface area contributed by atoms with E-state index in [0.717, 1.165) is 24.4 Å². The van der Waals surface area contributed by atoms with E-state index < -0.39 is 5.82 Å². The molecule has 0 aliphatic carbocycles. The van der Waals surface area contributed by atoms with Gasteiger partial charge in [0.1, 0.15) is 12.4 Å². The molecule has 0 radical (unpaired) electrons. The number of hydrogen-bond donors (Lipinski definition) is 0. The summed E-state index contributed by atoms with van der Waals surface area (Å²) in [5, 5.41) is 0. The first-order chi connectivity index (χ1) is 14.8. The number of piperazine rings is 1. The Labute approximate surface area is 183 Å². The first kappa shape index (κ1) is 21.4. The van der Waals surface area contributed by atoms with Gasteiger partial charge in [0, 0.05) is 43.3 Å². The van der Waals surface area contributed by atoms with Crippen molar-refractivity contribution in [2.45, 2.75) is 26.4 Å². The Morgan fingerprint density at radius 3 is 2.29 bits per heavy atom. The molecule has 1 aliphatic heterocycles. The predicted molar refractivity (Wildman–Crippen MR) is 119 cm³/mol. The van der Waals surface area contributed by atoms with E-state index in [1.165, 1.54) is 28.8 Å². The Hall–Kier alpha value is -2.84. The van der Waals surface area contributed by atoms with Crippen LogP contribution in [0.5, 0.6) is 0 Å². The van der Waals surface area contributed by atoms with Crippen molar-refractivity contribution in [1.82, 2.24) is 14.4 Å². The fourth-order valence-electron chi connectivity index (χ4n) is 3.85. The van der Waals surface area contributed by atoms with E-state index in [2.05, 4.69) is 18.7 Å². The maximum atomic E-state index is 13.1. The van der Waals surface area contributed by atoms with Crippen LogP contribution in [0.3, 0.4) is 0 Å². The van der Waals surface area contributed by atoms with Crippen molar-refractivity contribution in [3.63, 3.8) is 0 Å². The van der Waals surface area contributed by atoms with Crippen molar-refractivity contribution in [2.24, 2.45) is 0 Å². The van der Waals surface area contributed by atoms with Gasteiger partial charge in [-0.15, -0.1) is 0 Å². The minimum Gasteiger partial charge on any atom is -0.339 e. The number of carbonyl (C=O) groups excluding carboxylic acids is 2. The molecule has 2 heterocycles. The van der Waals surface area contributed by atoms with E-state index in [4.69, 9.17) is 0 Å². The molecule has 0 unspecified atom stereocenters. The number of fused-ring (bicyclic) bond motifs is 1. The van der Waals surface area contributed by atoms with Crippen molar-refractivity contribution in [2.75, 3.05) is 26.2 Å². The van der Waals surface area contributed by atoms with Crippen molar-refractivity contribution in [1.29, 1.82) is 0 Å². The minimum absolute atomic E-state index is 0.00817. The lowest BCUT2D eigenvalue weighted by Gasteiger charge is -2.37. The molecule has 6 nitrogen and oxygen atoms in total. The zero-order chi connectivity index (χ0) is 22.1. The second-order valence-corrected chi connectivity index (χ2v) is 8.98. The quantitative estimate of drug-likeness (QED) is 0.571. The third kappa shape index (κ3) is 4.45. The highest BCUT2D eigenvalue weighted by Crippen LogP contribution is 2.21. The van der Waals surface area contributed by atoms with Crippen LogP contribution in [-0.4, -0.2) is 58.3 Å². The van der Waals surface area contributed by atoms with E-state index in [1.807, 2.05) is 0 Å². The SMILES string of the molecule is CC(C)N1CCN(C(=O)Cn2c(=O)sc3cc(C(=O)c4ccc(F)cc4)ccc32)CC1. The van der Waals surface area contributed by atoms with Gasteiger partial charge in [0.05, 0.1) is 10.2 Å². The van der Waals surface area contributed by atoms with Crippen LogP contribution in [0.1, 0.15) is 29.8 Å². The molecule has 0 bridgehead atoms. The largest absolute Gasteiger partial charge is 0.339 e. The lowest BCUT2D eigenvalue weighted by Crippen LogP contribution is -2.51. The topological polar surface area (TPSA) is 62.6 Å². The summed E-state index contributed by atoms with van der Waals surface area (Å²) in [7, 11) is 0. The summed E-state index contributed by atoms with van der Waals surface area (Å²) < 4.78 is 15.2. The van der Waals surface area contributed by atoms with Crippen LogP contribution in [0.2, 0.25) is 0 Å². The monoisotopic (exact) mass is 441 g/mol. The van der Waals surface area contributed by atoms with Gasteiger partial charge in [0.2, 0.25) is 5.91 Å². The van der Waals surface area contributed by atoms with Crippen LogP contribution >= 0.6 is 11.3 Å². The molecule has 0 spiro atoms. The van der Waals surface area contributed by atoms with E-state index in [1.54, 1.807) is 23.1 Å². The van der Waals surface area contributed by atoms with Crippen LogP contribution in [0.25, 0.3) is 10.2 Å². The van der Waals surface area contributed by atoms with E-state index in [9.17, 15) is 18.8 Å². The average molecular weight is 442 g/mol. The first-order valence-corrected chi connectivity index (χ1v) is 11.1. The zero-order valence-corrected chi connectivity index (χ0v) is 18.3. The summed E-state index contributed by atoms with van der Waals surface area (Å²) in [5.74, 6) is -0.720. The molecular formula is C23H24FN3O3S. The molecule has 3 aromatic rings. The second-order valence-electron chi connectivity index (χ2n) is 7.98. The smallest absolute Gasteiger partial charge is 0.308 e. The number of ketones is 1. The summed E-state index contributed by atoms with van der Waals surface area (Å²) in [4.78, 5) is 41.9. The van der Waals surface area contributed by atoms with E-state index in [0.29, 0.717) is 40.5 Å². The molecule has 0 saturated carbocycles. The minimum atomic E-state index is -0.405. The fraction of sp³-hybridized carbons (Fsp3) is 0.348. The summed E-state index contributed by atoms with van der Waals surface area (Å²) in [5.41, 5.74) is 1.44. The van der Waals surface area contributed by atoms with Crippen LogP contribution in [0.4, 0.5) is 4.39 Å². The van der Waals surface area contributed by atoms with Gasteiger partial charge >= 0.3 is 4.87 Å². The molecule has 162 valence electrons. The molecule has 1 aliphatic rings. The molecule has 1 saturated heterocycles. The number of carbonyl (C=O) groups is 2. The van der Waals surface area contributed by atoms with Crippen LogP contribution < -0.4 is 4.87 Å². The molecule has 1 fully saturated rings. The summed E-state index contributed by atoms with van der Waals surface area (Å²) >= 11 is 1.02. The summed E-state index contributed by atoms with van der Waals surface area (Å²) in [6.07, 6.45) is 0. The van der Waals surface area contributed by atoms with Crippen molar-refractivity contribution < 1.29 is 14.0 Å². The van der Waals surface area contributed by atoms with Crippen LogP contribution in [-0.2, 0) is 11.3 Å². The second kappa shape index (κ2) is 8.72. The highest BCUT2D eigenvalue weighted by Gasteiger charge is 2.23. The number of aromatic nitrogens is 1. The Morgan fingerprint density at radius 1 is 1.00 bits per heavy atom. The molecule has 2 aromatic carbocycles. The number of hydrogen-bond acceptors (Lipinski definition) is 5. The number of halogens is 1. The summed E-state index contributed by atoms with van der Waals surface area (Å²) in [6.45, 7) is 7.25. The molecule has 31 heavy (non-hydrogen) atoms. The highest BCUT2D eigenvalue weighted by atomic mass is 32.1. The normalized spacial score (nSPS) is 15.0. The van der Waals surface area contributed by atoms with Gasteiger partial charge in [-0.1, -0.05) is 11.3 Å². The van der Waals surface area contributed by atoms with Crippen LogP contribution in [0.15, 0.2) is 47.3 Å². The zero-order valence-electron chi connectivity index (χ0n) is 17.5. The Balaban J connectivity index is 1.52. The lowest BCUT2D eigenvalue weighted by molar-refractivity contribution is -0.133. The molecular weight excluding hydrogens is 417 g/mol. The standard InChI is InChI=1S/C23H24FN3O3S/c1-15(2)25-9-11-26(12-10-25)21(28)14-27-19-8-5-17(13-20(19)31-23(27)30)22(29)16-3-6-18(24)7-4-16/h3-8,13,15H,9-12,14H2,1-2H3. The third-order valence-corrected chi connectivity index (χ3v) is 6.67. The van der Waals surface area contributed by atoms with Crippen LogP contribution in [0, 0.1) is 5.82 Å². The van der Waals surface area contributed by atoms with Crippen molar-refractivity contribution in [3.8, 4) is 0 Å².